The van der Waals surface area contributed by atoms with Gasteiger partial charge in [0.1, 0.15) is 0 Å². The second-order valence-electron chi connectivity index (χ2n) is 4.92. The molecule has 0 aliphatic rings. The van der Waals surface area contributed by atoms with Crippen LogP contribution in [0.2, 0.25) is 0 Å². The summed E-state index contributed by atoms with van der Waals surface area (Å²) in [6, 6.07) is 0. The maximum Gasteiger partial charge on any atom is 0.0572 e. The molecule has 0 aromatic carbocycles. The quantitative estimate of drug-likeness (QED) is 0.473. The number of unbranched alkanes of at least 4 members (excludes halogenated alkanes) is 2. The van der Waals surface area contributed by atoms with E-state index in [0.717, 1.165) is 12.5 Å². The molecular formula is C15H32O. The van der Waals surface area contributed by atoms with Crippen molar-refractivity contribution >= 4 is 0 Å². The van der Waals surface area contributed by atoms with Gasteiger partial charge in [-0.1, -0.05) is 59.8 Å². The Morgan fingerprint density at radius 2 is 1.44 bits per heavy atom. The summed E-state index contributed by atoms with van der Waals surface area (Å²) >= 11 is 0. The Labute approximate surface area is 103 Å². The first-order valence-corrected chi connectivity index (χ1v) is 7.39. The van der Waals surface area contributed by atoms with E-state index < -0.39 is 0 Å². The van der Waals surface area contributed by atoms with Gasteiger partial charge in [-0.25, -0.2) is 0 Å². The number of rotatable bonds is 11. The van der Waals surface area contributed by atoms with E-state index in [-0.39, 0.29) is 0 Å². The molecule has 98 valence electrons. The molecule has 0 N–H and O–H groups in total. The average Bonchev–Trinajstić information content (AvgIpc) is 2.33. The highest BCUT2D eigenvalue weighted by Gasteiger charge is 2.10. The molecule has 0 radical (unpaired) electrons. The van der Waals surface area contributed by atoms with Gasteiger partial charge in [-0.15, -0.1) is 0 Å². The molecule has 1 nitrogen and oxygen atoms in total. The number of hydrogen-bond donors (Lipinski definition) is 0. The predicted octanol–water partition coefficient (Wildman–Crippen LogP) is 5.19. The van der Waals surface area contributed by atoms with Gasteiger partial charge in [-0.3, -0.25) is 0 Å². The molecule has 2 unspecified atom stereocenters. The van der Waals surface area contributed by atoms with Gasteiger partial charge in [0.15, 0.2) is 0 Å². The molecule has 0 rings (SSSR count). The zero-order chi connectivity index (χ0) is 12.2. The third-order valence-electron chi connectivity index (χ3n) is 3.45. The minimum Gasteiger partial charge on any atom is -0.378 e. The van der Waals surface area contributed by atoms with Crippen molar-refractivity contribution in [2.45, 2.75) is 85.2 Å². The molecule has 0 heterocycles. The molecule has 0 aromatic heterocycles. The second-order valence-corrected chi connectivity index (χ2v) is 4.92. The molecule has 0 aliphatic carbocycles. The van der Waals surface area contributed by atoms with Crippen LogP contribution in [0.25, 0.3) is 0 Å². The maximum atomic E-state index is 6.04. The fourth-order valence-electron chi connectivity index (χ4n) is 2.01. The van der Waals surface area contributed by atoms with Crippen LogP contribution in [0.3, 0.4) is 0 Å². The Hall–Kier alpha value is -0.0400. The highest BCUT2D eigenvalue weighted by Crippen LogP contribution is 2.16. The van der Waals surface area contributed by atoms with Gasteiger partial charge in [0.25, 0.3) is 0 Å². The summed E-state index contributed by atoms with van der Waals surface area (Å²) in [7, 11) is 0. The monoisotopic (exact) mass is 228 g/mol. The van der Waals surface area contributed by atoms with E-state index in [1.165, 1.54) is 51.4 Å². The third-order valence-corrected chi connectivity index (χ3v) is 3.45. The summed E-state index contributed by atoms with van der Waals surface area (Å²) in [4.78, 5) is 0. The fourth-order valence-corrected chi connectivity index (χ4v) is 2.01. The lowest BCUT2D eigenvalue weighted by Crippen LogP contribution is -2.17. The Morgan fingerprint density at radius 3 is 1.94 bits per heavy atom. The van der Waals surface area contributed by atoms with Crippen LogP contribution >= 0.6 is 0 Å². The van der Waals surface area contributed by atoms with Gasteiger partial charge in [-0.05, 0) is 25.2 Å². The number of ether oxygens (including phenoxy) is 1. The van der Waals surface area contributed by atoms with Crippen LogP contribution in [-0.2, 0) is 4.74 Å². The van der Waals surface area contributed by atoms with E-state index >= 15 is 0 Å². The highest BCUT2D eigenvalue weighted by molar-refractivity contribution is 4.60. The van der Waals surface area contributed by atoms with Crippen LogP contribution in [0.5, 0.6) is 0 Å². The van der Waals surface area contributed by atoms with Gasteiger partial charge in [0, 0.05) is 6.61 Å². The lowest BCUT2D eigenvalue weighted by atomic mass is 10.0. The topological polar surface area (TPSA) is 9.23 Å². The molecule has 0 saturated heterocycles. The van der Waals surface area contributed by atoms with Crippen LogP contribution in [0.1, 0.15) is 79.1 Å². The fraction of sp³-hybridized carbons (Fsp3) is 1.00. The van der Waals surface area contributed by atoms with Gasteiger partial charge in [0.2, 0.25) is 0 Å². The Morgan fingerprint density at radius 1 is 0.812 bits per heavy atom. The van der Waals surface area contributed by atoms with Gasteiger partial charge < -0.3 is 4.74 Å². The standard InChI is InChI=1S/C15H32O/c1-5-9-11-14(7-3)13-16-15(8-4)12-10-6-2/h14-15H,5-13H2,1-4H3. The first-order chi connectivity index (χ1) is 7.78. The lowest BCUT2D eigenvalue weighted by Gasteiger charge is -2.20. The van der Waals surface area contributed by atoms with Crippen molar-refractivity contribution in [1.29, 1.82) is 0 Å². The van der Waals surface area contributed by atoms with E-state index in [9.17, 15) is 0 Å². The van der Waals surface area contributed by atoms with E-state index in [2.05, 4.69) is 27.7 Å². The van der Waals surface area contributed by atoms with Crippen LogP contribution in [0.4, 0.5) is 0 Å². The van der Waals surface area contributed by atoms with Crippen LogP contribution < -0.4 is 0 Å². The molecular weight excluding hydrogens is 196 g/mol. The zero-order valence-corrected chi connectivity index (χ0v) is 11.9. The summed E-state index contributed by atoms with van der Waals surface area (Å²) in [5, 5.41) is 0. The van der Waals surface area contributed by atoms with Crippen molar-refractivity contribution in [3.05, 3.63) is 0 Å². The maximum absolute atomic E-state index is 6.04. The molecule has 0 bridgehead atoms. The summed E-state index contributed by atoms with van der Waals surface area (Å²) in [5.41, 5.74) is 0. The normalized spacial score (nSPS) is 15.0. The molecule has 0 fully saturated rings. The highest BCUT2D eigenvalue weighted by atomic mass is 16.5. The minimum absolute atomic E-state index is 0.510. The molecule has 1 heteroatoms. The smallest absolute Gasteiger partial charge is 0.0572 e. The summed E-state index contributed by atoms with van der Waals surface area (Å²) in [6.45, 7) is 10.0. The van der Waals surface area contributed by atoms with Crippen LogP contribution in [0, 0.1) is 5.92 Å². The first-order valence-electron chi connectivity index (χ1n) is 7.39. The van der Waals surface area contributed by atoms with E-state index in [1.807, 2.05) is 0 Å². The van der Waals surface area contributed by atoms with E-state index in [1.54, 1.807) is 0 Å². The van der Waals surface area contributed by atoms with Crippen molar-refractivity contribution in [2.75, 3.05) is 6.61 Å². The molecule has 0 spiro atoms. The van der Waals surface area contributed by atoms with Crippen LogP contribution in [0.15, 0.2) is 0 Å². The third kappa shape index (κ3) is 8.15. The minimum atomic E-state index is 0.510. The van der Waals surface area contributed by atoms with Crippen LogP contribution in [-0.4, -0.2) is 12.7 Å². The van der Waals surface area contributed by atoms with Crippen molar-refractivity contribution in [3.8, 4) is 0 Å². The Bertz CT molecular complexity index is 117. The summed E-state index contributed by atoms with van der Waals surface area (Å²) in [6.07, 6.45) is 10.8. The average molecular weight is 228 g/mol. The van der Waals surface area contributed by atoms with Gasteiger partial charge in [-0.2, -0.15) is 0 Å². The lowest BCUT2D eigenvalue weighted by molar-refractivity contribution is 0.0177. The number of hydrogen-bond acceptors (Lipinski definition) is 1. The van der Waals surface area contributed by atoms with Gasteiger partial charge in [0.05, 0.1) is 6.10 Å². The second kappa shape index (κ2) is 11.4. The molecule has 0 saturated carbocycles. The van der Waals surface area contributed by atoms with Crippen molar-refractivity contribution in [2.24, 2.45) is 5.92 Å². The Kier molecular flexibility index (Phi) is 11.4. The van der Waals surface area contributed by atoms with E-state index in [0.29, 0.717) is 6.10 Å². The summed E-state index contributed by atoms with van der Waals surface area (Å²) < 4.78 is 6.04. The van der Waals surface area contributed by atoms with Gasteiger partial charge >= 0.3 is 0 Å². The van der Waals surface area contributed by atoms with Crippen molar-refractivity contribution in [3.63, 3.8) is 0 Å². The SMILES string of the molecule is CCCCC(CC)COC(CC)CCCC. The molecule has 16 heavy (non-hydrogen) atoms. The van der Waals surface area contributed by atoms with Crippen molar-refractivity contribution < 1.29 is 4.74 Å². The molecule has 0 aromatic rings. The zero-order valence-electron chi connectivity index (χ0n) is 11.9. The van der Waals surface area contributed by atoms with Crippen molar-refractivity contribution in [1.82, 2.24) is 0 Å². The van der Waals surface area contributed by atoms with E-state index in [4.69, 9.17) is 4.74 Å². The summed E-state index contributed by atoms with van der Waals surface area (Å²) in [5.74, 6) is 0.788. The Balaban J connectivity index is 3.69. The first kappa shape index (κ1) is 16.0. The predicted molar refractivity (Wildman–Crippen MR) is 72.9 cm³/mol. The molecule has 2 atom stereocenters. The molecule has 0 aliphatic heterocycles. The largest absolute Gasteiger partial charge is 0.378 e. The molecule has 0 amide bonds.